The minimum absolute atomic E-state index is 0.110. The van der Waals surface area contributed by atoms with Gasteiger partial charge in [-0.25, -0.2) is 13.8 Å². The first-order chi connectivity index (χ1) is 12.6. The van der Waals surface area contributed by atoms with E-state index in [4.69, 9.17) is 0 Å². The number of benzene rings is 2. The highest BCUT2D eigenvalue weighted by atomic mass is 32.2. The highest BCUT2D eigenvalue weighted by molar-refractivity contribution is 7.99. The van der Waals surface area contributed by atoms with Crippen molar-refractivity contribution < 1.29 is 13.6 Å². The van der Waals surface area contributed by atoms with Gasteiger partial charge in [0.1, 0.15) is 22.8 Å². The monoisotopic (exact) mass is 371 g/mol. The van der Waals surface area contributed by atoms with Gasteiger partial charge in [-0.2, -0.15) is 0 Å². The summed E-state index contributed by atoms with van der Waals surface area (Å²) >= 11 is 1.02. The van der Waals surface area contributed by atoms with Crippen molar-refractivity contribution in [2.45, 2.75) is 5.16 Å². The largest absolute Gasteiger partial charge is 0.338 e. The topological polar surface area (TPSA) is 83.6 Å². The molecule has 2 N–H and O–H groups in total. The van der Waals surface area contributed by atoms with Gasteiger partial charge in [-0.3, -0.25) is 4.79 Å². The lowest BCUT2D eigenvalue weighted by Crippen LogP contribution is -2.16. The van der Waals surface area contributed by atoms with E-state index >= 15 is 0 Å². The van der Waals surface area contributed by atoms with Gasteiger partial charge < -0.3 is 10.3 Å². The highest BCUT2D eigenvalue weighted by Crippen LogP contribution is 2.23. The Morgan fingerprint density at radius 1 is 1.08 bits per heavy atom. The molecule has 0 unspecified atom stereocenters. The van der Waals surface area contributed by atoms with Crippen LogP contribution in [-0.4, -0.2) is 31.8 Å². The van der Waals surface area contributed by atoms with E-state index < -0.39 is 23.2 Å². The number of aromatic amines is 1. The number of H-pyrrole nitrogens is 1. The maximum Gasteiger partial charge on any atom is 0.235 e. The van der Waals surface area contributed by atoms with Gasteiger partial charge >= 0.3 is 0 Å². The lowest BCUT2D eigenvalue weighted by molar-refractivity contribution is -0.113. The molecule has 4 rings (SSSR count). The second-order valence-corrected chi connectivity index (χ2v) is 6.34. The summed E-state index contributed by atoms with van der Waals surface area (Å²) in [5, 5.41) is 11.5. The number of fused-ring (bicyclic) bond motifs is 3. The van der Waals surface area contributed by atoms with Crippen LogP contribution in [0.4, 0.5) is 14.5 Å². The van der Waals surface area contributed by atoms with Crippen LogP contribution in [-0.2, 0) is 4.79 Å². The summed E-state index contributed by atoms with van der Waals surface area (Å²) in [5.41, 5.74) is 1.62. The maximum atomic E-state index is 13.5. The van der Waals surface area contributed by atoms with Crippen LogP contribution in [0.25, 0.3) is 22.1 Å². The second-order valence-electron chi connectivity index (χ2n) is 5.40. The second kappa shape index (κ2) is 6.68. The minimum atomic E-state index is -0.833. The van der Waals surface area contributed by atoms with Crippen LogP contribution >= 0.6 is 11.8 Å². The SMILES string of the molecule is O=C(CSc1nnc2c(n1)[nH]c1ccccc12)Nc1c(F)cccc1F. The highest BCUT2D eigenvalue weighted by Gasteiger charge is 2.14. The van der Waals surface area contributed by atoms with Crippen LogP contribution < -0.4 is 5.32 Å². The number of thioether (sulfide) groups is 1. The standard InChI is InChI=1S/C17H11F2N5OS/c18-10-5-3-6-11(19)15(10)21-13(25)8-26-17-22-16-14(23-24-17)9-4-1-2-7-12(9)20-16/h1-7H,8H2,(H,21,25)(H,20,22,24). The molecular weight excluding hydrogens is 360 g/mol. The molecule has 0 radical (unpaired) electrons. The first kappa shape index (κ1) is 16.4. The summed E-state index contributed by atoms with van der Waals surface area (Å²) < 4.78 is 27.1. The van der Waals surface area contributed by atoms with Crippen LogP contribution in [0.3, 0.4) is 0 Å². The summed E-state index contributed by atoms with van der Waals surface area (Å²) in [7, 11) is 0. The summed E-state index contributed by atoms with van der Waals surface area (Å²) in [5.74, 6) is -2.35. The van der Waals surface area contributed by atoms with Crippen LogP contribution in [0.15, 0.2) is 47.6 Å². The lowest BCUT2D eigenvalue weighted by atomic mass is 10.2. The summed E-state index contributed by atoms with van der Waals surface area (Å²) in [4.78, 5) is 19.4. The van der Waals surface area contributed by atoms with E-state index in [0.29, 0.717) is 11.2 Å². The molecule has 0 saturated heterocycles. The Kier molecular flexibility index (Phi) is 4.21. The molecule has 0 spiro atoms. The number of hydrogen-bond acceptors (Lipinski definition) is 5. The molecule has 0 bridgehead atoms. The number of hydrogen-bond donors (Lipinski definition) is 2. The van der Waals surface area contributed by atoms with Crippen molar-refractivity contribution in [3.8, 4) is 0 Å². The average molecular weight is 371 g/mol. The van der Waals surface area contributed by atoms with E-state index in [0.717, 1.165) is 34.8 Å². The normalized spacial score (nSPS) is 11.2. The van der Waals surface area contributed by atoms with E-state index in [-0.39, 0.29) is 10.9 Å². The van der Waals surface area contributed by atoms with Crippen molar-refractivity contribution in [2.75, 3.05) is 11.1 Å². The number of halogens is 2. The van der Waals surface area contributed by atoms with Crippen molar-refractivity contribution in [2.24, 2.45) is 0 Å². The quantitative estimate of drug-likeness (QED) is 0.536. The Hall–Kier alpha value is -3.07. The molecule has 1 amide bonds. The lowest BCUT2D eigenvalue weighted by Gasteiger charge is -2.06. The molecule has 2 aromatic heterocycles. The molecule has 130 valence electrons. The van der Waals surface area contributed by atoms with Crippen molar-refractivity contribution >= 4 is 45.4 Å². The van der Waals surface area contributed by atoms with Gasteiger partial charge in [0, 0.05) is 10.9 Å². The van der Waals surface area contributed by atoms with Crippen LogP contribution in [0.5, 0.6) is 0 Å². The fraction of sp³-hybridized carbons (Fsp3) is 0.0588. The smallest absolute Gasteiger partial charge is 0.235 e. The summed E-state index contributed by atoms with van der Waals surface area (Å²) in [6.45, 7) is 0. The number of nitrogens with zero attached hydrogens (tertiary/aromatic N) is 3. The Balaban J connectivity index is 1.49. The zero-order valence-corrected chi connectivity index (χ0v) is 14.0. The number of nitrogens with one attached hydrogen (secondary N) is 2. The molecule has 0 fully saturated rings. The third kappa shape index (κ3) is 3.08. The molecule has 0 atom stereocenters. The van der Waals surface area contributed by atoms with Crippen molar-refractivity contribution in [3.63, 3.8) is 0 Å². The zero-order valence-electron chi connectivity index (χ0n) is 13.2. The fourth-order valence-corrected chi connectivity index (χ4v) is 3.08. The Bertz CT molecular complexity index is 1110. The van der Waals surface area contributed by atoms with Crippen molar-refractivity contribution in [1.82, 2.24) is 20.2 Å². The average Bonchev–Trinajstić information content (AvgIpc) is 3.01. The molecule has 0 aliphatic rings. The van der Waals surface area contributed by atoms with Gasteiger partial charge in [0.15, 0.2) is 5.65 Å². The fourth-order valence-electron chi connectivity index (χ4n) is 2.49. The number of amides is 1. The third-order valence-electron chi connectivity index (χ3n) is 3.66. The van der Waals surface area contributed by atoms with E-state index in [1.165, 1.54) is 6.07 Å². The van der Waals surface area contributed by atoms with Gasteiger partial charge in [-0.15, -0.1) is 10.2 Å². The molecule has 9 heteroatoms. The molecule has 2 aromatic carbocycles. The first-order valence-electron chi connectivity index (χ1n) is 7.59. The summed E-state index contributed by atoms with van der Waals surface area (Å²) in [6.07, 6.45) is 0. The van der Waals surface area contributed by atoms with E-state index in [2.05, 4.69) is 25.5 Å². The van der Waals surface area contributed by atoms with Crippen LogP contribution in [0.2, 0.25) is 0 Å². The van der Waals surface area contributed by atoms with Gasteiger partial charge in [0.2, 0.25) is 11.1 Å². The van der Waals surface area contributed by atoms with Gasteiger partial charge in [0.25, 0.3) is 0 Å². The third-order valence-corrected chi connectivity index (χ3v) is 4.50. The number of carbonyl (C=O) groups excluding carboxylic acids is 1. The minimum Gasteiger partial charge on any atom is -0.338 e. The number of anilines is 1. The van der Waals surface area contributed by atoms with E-state index in [1.54, 1.807) is 0 Å². The number of para-hydroxylation sites is 2. The molecular formula is C17H11F2N5OS. The predicted octanol–water partition coefficient (Wildman–Crippen LogP) is 3.52. The molecule has 2 heterocycles. The van der Waals surface area contributed by atoms with Gasteiger partial charge in [-0.1, -0.05) is 36.0 Å². The maximum absolute atomic E-state index is 13.5. The Morgan fingerprint density at radius 3 is 2.65 bits per heavy atom. The molecule has 4 aromatic rings. The molecule has 6 nitrogen and oxygen atoms in total. The Morgan fingerprint density at radius 2 is 1.85 bits per heavy atom. The predicted molar refractivity (Wildman–Crippen MR) is 94.9 cm³/mol. The van der Waals surface area contributed by atoms with Gasteiger partial charge in [0.05, 0.1) is 5.75 Å². The van der Waals surface area contributed by atoms with Gasteiger partial charge in [-0.05, 0) is 18.2 Å². The van der Waals surface area contributed by atoms with E-state index in [9.17, 15) is 13.6 Å². The summed E-state index contributed by atoms with van der Waals surface area (Å²) in [6, 6.07) is 11.0. The number of aromatic nitrogens is 4. The number of rotatable bonds is 4. The Labute approximate surface area is 150 Å². The van der Waals surface area contributed by atoms with E-state index in [1.807, 2.05) is 24.3 Å². The van der Waals surface area contributed by atoms with Crippen molar-refractivity contribution in [3.05, 3.63) is 54.1 Å². The van der Waals surface area contributed by atoms with Crippen molar-refractivity contribution in [1.29, 1.82) is 0 Å². The zero-order chi connectivity index (χ0) is 18.1. The van der Waals surface area contributed by atoms with Crippen LogP contribution in [0.1, 0.15) is 0 Å². The molecule has 26 heavy (non-hydrogen) atoms. The molecule has 0 aliphatic heterocycles. The molecule has 0 aliphatic carbocycles. The van der Waals surface area contributed by atoms with Crippen LogP contribution in [0, 0.1) is 11.6 Å². The number of carbonyl (C=O) groups is 1. The first-order valence-corrected chi connectivity index (χ1v) is 8.58. The molecule has 0 saturated carbocycles.